The zero-order chi connectivity index (χ0) is 29.0. The van der Waals surface area contributed by atoms with Crippen LogP contribution in [0.4, 0.5) is 5.69 Å². The van der Waals surface area contributed by atoms with Gasteiger partial charge in [-0.1, -0.05) is 48.5 Å². The van der Waals surface area contributed by atoms with Crippen LogP contribution in [0.3, 0.4) is 0 Å². The summed E-state index contributed by atoms with van der Waals surface area (Å²) in [5.41, 5.74) is 2.48. The van der Waals surface area contributed by atoms with Crippen molar-refractivity contribution in [1.29, 1.82) is 0 Å². The first kappa shape index (κ1) is 28.6. The number of fused-ring (bicyclic) bond motifs is 1. The summed E-state index contributed by atoms with van der Waals surface area (Å²) in [6, 6.07) is 22.0. The number of nitrogens with zero attached hydrogens (tertiary/aromatic N) is 2. The van der Waals surface area contributed by atoms with Gasteiger partial charge in [0.25, 0.3) is 5.91 Å². The number of nitrogens with one attached hydrogen (secondary N) is 1. The Hall–Kier alpha value is -3.89. The molecule has 1 N–H and O–H groups in total. The van der Waals surface area contributed by atoms with Gasteiger partial charge in [-0.2, -0.15) is 4.31 Å². The third kappa shape index (κ3) is 6.23. The van der Waals surface area contributed by atoms with E-state index in [1.165, 1.54) is 11.4 Å². The molecular formula is C31H35N3O6S. The lowest BCUT2D eigenvalue weighted by molar-refractivity contribution is -0.129. The number of carbonyl (C=O) groups is 2. The van der Waals surface area contributed by atoms with Crippen LogP contribution in [0.15, 0.2) is 77.7 Å². The number of amides is 2. The van der Waals surface area contributed by atoms with Crippen molar-refractivity contribution >= 4 is 27.5 Å². The summed E-state index contributed by atoms with van der Waals surface area (Å²) in [7, 11) is -2.45. The third-order valence-corrected chi connectivity index (χ3v) is 9.44. The van der Waals surface area contributed by atoms with E-state index >= 15 is 0 Å². The molecule has 2 atom stereocenters. The van der Waals surface area contributed by atoms with Gasteiger partial charge in [-0.15, -0.1) is 0 Å². The average Bonchev–Trinajstić information content (AvgIpc) is 3.00. The molecular weight excluding hydrogens is 542 g/mol. The van der Waals surface area contributed by atoms with E-state index in [2.05, 4.69) is 5.32 Å². The third-order valence-electron chi connectivity index (χ3n) is 7.56. The standard InChI is InChI=1S/C31H35N3O6S/c1-22-14-15-27(39-2)29(19-22)41(37,38)33-18-8-11-24(20-33)31(36)34-21-28(40-26-13-7-6-12-25(26)34)30(35)32-17-16-23-9-4-3-5-10-23/h3-7,9-10,12-15,19,24,28H,8,11,16-18,20-21H2,1-2H3,(H,32,35)/t24-,28+/m0/s1. The first-order chi connectivity index (χ1) is 19.8. The fourth-order valence-corrected chi connectivity index (χ4v) is 7.14. The number of para-hydroxylation sites is 2. The van der Waals surface area contributed by atoms with Crippen molar-refractivity contribution in [1.82, 2.24) is 9.62 Å². The van der Waals surface area contributed by atoms with Crippen LogP contribution >= 0.6 is 0 Å². The molecule has 0 aromatic heterocycles. The normalized spacial score (nSPS) is 19.1. The van der Waals surface area contributed by atoms with Crippen molar-refractivity contribution in [2.75, 3.05) is 38.2 Å². The van der Waals surface area contributed by atoms with Gasteiger partial charge in [0.15, 0.2) is 6.10 Å². The maximum absolute atomic E-state index is 14.0. The predicted molar refractivity (Wildman–Crippen MR) is 156 cm³/mol. The second-order valence-electron chi connectivity index (χ2n) is 10.4. The van der Waals surface area contributed by atoms with Gasteiger partial charge in [0, 0.05) is 19.6 Å². The van der Waals surface area contributed by atoms with Crippen molar-refractivity contribution in [3.05, 3.63) is 83.9 Å². The fraction of sp³-hybridized carbons (Fsp3) is 0.355. The highest BCUT2D eigenvalue weighted by Crippen LogP contribution is 2.36. The van der Waals surface area contributed by atoms with Gasteiger partial charge in [0.1, 0.15) is 16.4 Å². The smallest absolute Gasteiger partial charge is 0.262 e. The number of hydrogen-bond acceptors (Lipinski definition) is 6. The SMILES string of the molecule is COc1ccc(C)cc1S(=O)(=O)N1CCC[C@H](C(=O)N2C[C@H](C(=O)NCCc3ccccc3)Oc3ccccc32)C1. The van der Waals surface area contributed by atoms with Gasteiger partial charge in [-0.25, -0.2) is 8.42 Å². The van der Waals surface area contributed by atoms with E-state index in [4.69, 9.17) is 9.47 Å². The largest absolute Gasteiger partial charge is 0.495 e. The van der Waals surface area contributed by atoms with E-state index in [9.17, 15) is 18.0 Å². The molecule has 1 saturated heterocycles. The lowest BCUT2D eigenvalue weighted by Crippen LogP contribution is -2.54. The Labute approximate surface area is 241 Å². The predicted octanol–water partition coefficient (Wildman–Crippen LogP) is 3.56. The molecule has 1 fully saturated rings. The maximum Gasteiger partial charge on any atom is 0.262 e. The van der Waals surface area contributed by atoms with E-state index in [1.807, 2.05) is 43.3 Å². The summed E-state index contributed by atoms with van der Waals surface area (Å²) in [6.07, 6.45) is 0.878. The number of rotatable bonds is 8. The summed E-state index contributed by atoms with van der Waals surface area (Å²) in [5.74, 6) is -0.374. The minimum Gasteiger partial charge on any atom is -0.495 e. The van der Waals surface area contributed by atoms with E-state index < -0.39 is 22.0 Å². The molecule has 0 spiro atoms. The van der Waals surface area contributed by atoms with Crippen LogP contribution in [0.2, 0.25) is 0 Å². The molecule has 9 nitrogen and oxygen atoms in total. The molecule has 216 valence electrons. The second kappa shape index (κ2) is 12.3. The van der Waals surface area contributed by atoms with Gasteiger partial charge >= 0.3 is 0 Å². The average molecular weight is 578 g/mol. The topological polar surface area (TPSA) is 105 Å². The highest BCUT2D eigenvalue weighted by Gasteiger charge is 2.40. The quantitative estimate of drug-likeness (QED) is 0.439. The summed E-state index contributed by atoms with van der Waals surface area (Å²) >= 11 is 0. The molecule has 3 aromatic carbocycles. The van der Waals surface area contributed by atoms with Gasteiger partial charge in [0.05, 0.1) is 25.3 Å². The molecule has 41 heavy (non-hydrogen) atoms. The number of carbonyl (C=O) groups excluding carboxylic acids is 2. The van der Waals surface area contributed by atoms with Crippen LogP contribution < -0.4 is 19.7 Å². The highest BCUT2D eigenvalue weighted by atomic mass is 32.2. The van der Waals surface area contributed by atoms with E-state index in [0.29, 0.717) is 43.8 Å². The monoisotopic (exact) mass is 577 g/mol. The number of aryl methyl sites for hydroxylation is 1. The number of piperidine rings is 1. The van der Waals surface area contributed by atoms with Gasteiger partial charge in [-0.05, 0) is 61.6 Å². The molecule has 2 aliphatic heterocycles. The van der Waals surface area contributed by atoms with Crippen molar-refractivity contribution in [3.63, 3.8) is 0 Å². The minimum absolute atomic E-state index is 0.0436. The molecule has 2 heterocycles. The number of sulfonamides is 1. The van der Waals surface area contributed by atoms with E-state index in [0.717, 1.165) is 11.1 Å². The molecule has 0 saturated carbocycles. The zero-order valence-electron chi connectivity index (χ0n) is 23.3. The molecule has 2 aliphatic rings. The Bertz CT molecular complexity index is 1510. The van der Waals surface area contributed by atoms with Crippen LogP contribution in [-0.2, 0) is 26.0 Å². The van der Waals surface area contributed by atoms with Gasteiger partial charge in [0.2, 0.25) is 15.9 Å². The summed E-state index contributed by atoms with van der Waals surface area (Å²) in [6.45, 7) is 2.67. The number of hydrogen-bond donors (Lipinski definition) is 1. The molecule has 5 rings (SSSR count). The Kier molecular flexibility index (Phi) is 8.60. The fourth-order valence-electron chi connectivity index (χ4n) is 5.38. The maximum atomic E-state index is 14.0. The molecule has 0 radical (unpaired) electrons. The van der Waals surface area contributed by atoms with Crippen LogP contribution in [-0.4, -0.2) is 63.9 Å². The van der Waals surface area contributed by atoms with Gasteiger partial charge in [-0.3, -0.25) is 9.59 Å². The van der Waals surface area contributed by atoms with E-state index in [-0.39, 0.29) is 35.5 Å². The number of methoxy groups -OCH3 is 1. The first-order valence-electron chi connectivity index (χ1n) is 13.8. The molecule has 10 heteroatoms. The zero-order valence-corrected chi connectivity index (χ0v) is 24.1. The molecule has 0 aliphatic carbocycles. The van der Waals surface area contributed by atoms with Crippen molar-refractivity contribution in [2.24, 2.45) is 5.92 Å². The van der Waals surface area contributed by atoms with Crippen molar-refractivity contribution < 1.29 is 27.5 Å². The molecule has 0 bridgehead atoms. The Morgan fingerprint density at radius 2 is 1.78 bits per heavy atom. The Morgan fingerprint density at radius 1 is 1.02 bits per heavy atom. The molecule has 2 amide bonds. The Morgan fingerprint density at radius 3 is 2.56 bits per heavy atom. The summed E-state index contributed by atoms with van der Waals surface area (Å²) < 4.78 is 40.0. The van der Waals surface area contributed by atoms with Gasteiger partial charge < -0.3 is 19.7 Å². The summed E-state index contributed by atoms with van der Waals surface area (Å²) in [5, 5.41) is 2.93. The van der Waals surface area contributed by atoms with Crippen LogP contribution in [0.5, 0.6) is 11.5 Å². The molecule has 3 aromatic rings. The first-order valence-corrected chi connectivity index (χ1v) is 15.3. The van der Waals surface area contributed by atoms with Crippen molar-refractivity contribution in [3.8, 4) is 11.5 Å². The lowest BCUT2D eigenvalue weighted by Gasteiger charge is -2.38. The van der Waals surface area contributed by atoms with Crippen molar-refractivity contribution in [2.45, 2.75) is 37.2 Å². The summed E-state index contributed by atoms with van der Waals surface area (Å²) in [4.78, 5) is 28.7. The Balaban J connectivity index is 1.31. The lowest BCUT2D eigenvalue weighted by atomic mass is 9.97. The number of ether oxygens (including phenoxy) is 2. The van der Waals surface area contributed by atoms with Crippen LogP contribution in [0, 0.1) is 12.8 Å². The minimum atomic E-state index is -3.89. The highest BCUT2D eigenvalue weighted by molar-refractivity contribution is 7.89. The van der Waals surface area contributed by atoms with Crippen LogP contribution in [0.25, 0.3) is 0 Å². The second-order valence-corrected chi connectivity index (χ2v) is 12.3. The number of benzene rings is 3. The van der Waals surface area contributed by atoms with Crippen LogP contribution in [0.1, 0.15) is 24.0 Å². The molecule has 0 unspecified atom stereocenters. The van der Waals surface area contributed by atoms with E-state index in [1.54, 1.807) is 41.3 Å². The number of anilines is 1.